The lowest BCUT2D eigenvalue weighted by Gasteiger charge is -2.47. The molecule has 2 fully saturated rings. The standard InChI is InChI=1S/C24H35FN6O3S/c1-3-20-16-30(24-23(32)13-19(14-27-24)28-35(26,33)34)10-11-31(20)21-6-8-29(9-7-21)15-18-5-4-17(2)12-22(18)25/h4-5,12-14,20-21,28,32H,3,6-11,15-16H2,1-2H3,(H2,26,33,34)/t20-/m0/s1. The second kappa shape index (κ2) is 10.7. The topological polar surface area (TPSA) is 115 Å². The van der Waals surface area contributed by atoms with Gasteiger partial charge in [0.25, 0.3) is 10.2 Å². The molecule has 35 heavy (non-hydrogen) atoms. The van der Waals surface area contributed by atoms with Crippen LogP contribution in [0.3, 0.4) is 0 Å². The number of likely N-dealkylation sites (tertiary alicyclic amines) is 1. The van der Waals surface area contributed by atoms with Gasteiger partial charge in [-0.3, -0.25) is 14.5 Å². The number of hydrogen-bond acceptors (Lipinski definition) is 7. The Kier molecular flexibility index (Phi) is 7.80. The highest BCUT2D eigenvalue weighted by Gasteiger charge is 2.34. The summed E-state index contributed by atoms with van der Waals surface area (Å²) < 4.78 is 38.8. The van der Waals surface area contributed by atoms with Crippen LogP contribution in [0.15, 0.2) is 30.5 Å². The summed E-state index contributed by atoms with van der Waals surface area (Å²) in [5.41, 5.74) is 1.82. The minimum absolute atomic E-state index is 0.0846. The van der Waals surface area contributed by atoms with Gasteiger partial charge >= 0.3 is 0 Å². The van der Waals surface area contributed by atoms with Gasteiger partial charge in [0, 0.05) is 49.9 Å². The molecule has 9 nitrogen and oxygen atoms in total. The SMILES string of the molecule is CC[C@H]1CN(c2ncc(NS(N)(=O)=O)cc2O)CCN1C1CCN(Cc2ccc(C)cc2F)CC1. The molecular formula is C24H35FN6O3S. The molecule has 2 aliphatic heterocycles. The molecule has 1 aromatic carbocycles. The molecule has 3 heterocycles. The van der Waals surface area contributed by atoms with Crippen molar-refractivity contribution in [3.8, 4) is 5.75 Å². The Morgan fingerprint density at radius 2 is 1.94 bits per heavy atom. The Balaban J connectivity index is 1.34. The Morgan fingerprint density at radius 1 is 1.20 bits per heavy atom. The van der Waals surface area contributed by atoms with Gasteiger partial charge in [-0.05, 0) is 50.9 Å². The lowest BCUT2D eigenvalue weighted by molar-refractivity contribution is 0.0606. The van der Waals surface area contributed by atoms with Gasteiger partial charge in [0.1, 0.15) is 5.82 Å². The number of aromatic hydroxyl groups is 1. The van der Waals surface area contributed by atoms with Crippen LogP contribution in [-0.2, 0) is 16.8 Å². The van der Waals surface area contributed by atoms with E-state index in [0.29, 0.717) is 31.0 Å². The van der Waals surface area contributed by atoms with Crippen molar-refractivity contribution in [2.75, 3.05) is 42.3 Å². The predicted octanol–water partition coefficient (Wildman–Crippen LogP) is 2.42. The third-order valence-electron chi connectivity index (χ3n) is 7.04. The van der Waals surface area contributed by atoms with Crippen molar-refractivity contribution in [2.45, 2.75) is 51.7 Å². The highest BCUT2D eigenvalue weighted by Crippen LogP contribution is 2.31. The smallest absolute Gasteiger partial charge is 0.296 e. The zero-order chi connectivity index (χ0) is 25.2. The van der Waals surface area contributed by atoms with E-state index in [-0.39, 0.29) is 17.3 Å². The number of aryl methyl sites for hydroxylation is 1. The Morgan fingerprint density at radius 3 is 2.57 bits per heavy atom. The van der Waals surface area contributed by atoms with Gasteiger partial charge in [0.05, 0.1) is 11.9 Å². The summed E-state index contributed by atoms with van der Waals surface area (Å²) in [4.78, 5) is 11.3. The summed E-state index contributed by atoms with van der Waals surface area (Å²) in [5, 5.41) is 15.5. The van der Waals surface area contributed by atoms with Crippen LogP contribution in [0.4, 0.5) is 15.9 Å². The predicted molar refractivity (Wildman–Crippen MR) is 135 cm³/mol. The van der Waals surface area contributed by atoms with Crippen LogP contribution in [0, 0.1) is 12.7 Å². The molecule has 2 aliphatic rings. The molecule has 0 radical (unpaired) electrons. The van der Waals surface area contributed by atoms with Gasteiger partial charge in [-0.2, -0.15) is 8.42 Å². The second-order valence-electron chi connectivity index (χ2n) is 9.56. The first kappa shape index (κ1) is 25.6. The zero-order valence-corrected chi connectivity index (χ0v) is 21.1. The number of rotatable bonds is 7. The first-order valence-corrected chi connectivity index (χ1v) is 13.6. The summed E-state index contributed by atoms with van der Waals surface area (Å²) in [5.74, 6) is 0.233. The Bertz CT molecular complexity index is 1140. The van der Waals surface area contributed by atoms with E-state index in [4.69, 9.17) is 5.14 Å². The summed E-state index contributed by atoms with van der Waals surface area (Å²) in [6.07, 6.45) is 4.42. The highest BCUT2D eigenvalue weighted by molar-refractivity contribution is 7.90. The van der Waals surface area contributed by atoms with Crippen LogP contribution in [0.5, 0.6) is 5.75 Å². The number of pyridine rings is 1. The number of halogens is 1. The fourth-order valence-corrected chi connectivity index (χ4v) is 5.69. The summed E-state index contributed by atoms with van der Waals surface area (Å²) >= 11 is 0. The minimum atomic E-state index is -3.93. The van der Waals surface area contributed by atoms with E-state index in [1.807, 2.05) is 19.1 Å². The monoisotopic (exact) mass is 506 g/mol. The molecule has 1 atom stereocenters. The number of nitrogens with two attached hydrogens (primary N) is 1. The lowest BCUT2D eigenvalue weighted by Crippen LogP contribution is -2.58. The van der Waals surface area contributed by atoms with E-state index in [2.05, 4.69) is 31.3 Å². The normalized spacial score (nSPS) is 20.8. The molecule has 0 bridgehead atoms. The maximum atomic E-state index is 14.3. The fraction of sp³-hybridized carbons (Fsp3) is 0.542. The van der Waals surface area contributed by atoms with Crippen molar-refractivity contribution in [2.24, 2.45) is 5.14 Å². The van der Waals surface area contributed by atoms with Crippen LogP contribution in [-0.4, -0.2) is 73.1 Å². The fourth-order valence-electron chi connectivity index (χ4n) is 5.25. The van der Waals surface area contributed by atoms with E-state index < -0.39 is 10.2 Å². The van der Waals surface area contributed by atoms with Crippen LogP contribution in [0.25, 0.3) is 0 Å². The number of aromatic nitrogens is 1. The molecule has 4 rings (SSSR count). The molecule has 1 aromatic heterocycles. The van der Waals surface area contributed by atoms with Gasteiger partial charge in [-0.25, -0.2) is 14.5 Å². The number of nitrogens with one attached hydrogen (secondary N) is 1. The average Bonchev–Trinajstić information content (AvgIpc) is 2.80. The van der Waals surface area contributed by atoms with Crippen LogP contribution in [0.1, 0.15) is 37.3 Å². The van der Waals surface area contributed by atoms with Crippen LogP contribution >= 0.6 is 0 Å². The molecule has 2 aromatic rings. The maximum absolute atomic E-state index is 14.3. The molecule has 2 saturated heterocycles. The number of hydrogen-bond donors (Lipinski definition) is 3. The van der Waals surface area contributed by atoms with E-state index >= 15 is 0 Å². The number of piperazine rings is 1. The van der Waals surface area contributed by atoms with E-state index in [9.17, 15) is 17.9 Å². The van der Waals surface area contributed by atoms with Crippen molar-refractivity contribution in [1.29, 1.82) is 0 Å². The van der Waals surface area contributed by atoms with Crippen molar-refractivity contribution >= 4 is 21.7 Å². The van der Waals surface area contributed by atoms with Gasteiger partial charge in [0.15, 0.2) is 11.6 Å². The molecule has 0 saturated carbocycles. The number of benzene rings is 1. The van der Waals surface area contributed by atoms with Crippen molar-refractivity contribution < 1.29 is 17.9 Å². The molecule has 192 valence electrons. The van der Waals surface area contributed by atoms with Crippen LogP contribution < -0.4 is 14.8 Å². The molecule has 4 N–H and O–H groups in total. The van der Waals surface area contributed by atoms with E-state index in [1.165, 1.54) is 12.3 Å². The maximum Gasteiger partial charge on any atom is 0.296 e. The quantitative estimate of drug-likeness (QED) is 0.528. The lowest BCUT2D eigenvalue weighted by atomic mass is 9.97. The average molecular weight is 507 g/mol. The third-order valence-corrected chi connectivity index (χ3v) is 7.56. The number of piperidine rings is 1. The molecule has 0 unspecified atom stereocenters. The molecular weight excluding hydrogens is 471 g/mol. The first-order valence-electron chi connectivity index (χ1n) is 12.1. The van der Waals surface area contributed by atoms with Crippen molar-refractivity contribution in [3.05, 3.63) is 47.4 Å². The second-order valence-corrected chi connectivity index (χ2v) is 10.9. The van der Waals surface area contributed by atoms with Gasteiger partial charge < -0.3 is 10.0 Å². The Labute approximate surface area is 206 Å². The first-order chi connectivity index (χ1) is 16.6. The Hall–Kier alpha value is -2.47. The van der Waals surface area contributed by atoms with Gasteiger partial charge in [0.2, 0.25) is 0 Å². The zero-order valence-electron chi connectivity index (χ0n) is 20.3. The molecule has 11 heteroatoms. The van der Waals surface area contributed by atoms with Crippen molar-refractivity contribution in [3.63, 3.8) is 0 Å². The summed E-state index contributed by atoms with van der Waals surface area (Å²) in [6, 6.07) is 7.58. The molecule has 0 amide bonds. The van der Waals surface area contributed by atoms with E-state index in [0.717, 1.165) is 56.6 Å². The largest absolute Gasteiger partial charge is 0.504 e. The van der Waals surface area contributed by atoms with Crippen LogP contribution in [0.2, 0.25) is 0 Å². The van der Waals surface area contributed by atoms with Gasteiger partial charge in [-0.15, -0.1) is 0 Å². The molecule has 0 aliphatic carbocycles. The number of nitrogens with zero attached hydrogens (tertiary/aromatic N) is 4. The van der Waals surface area contributed by atoms with Crippen molar-refractivity contribution in [1.82, 2.24) is 14.8 Å². The summed E-state index contributed by atoms with van der Waals surface area (Å²) in [7, 11) is -3.93. The minimum Gasteiger partial charge on any atom is -0.504 e. The number of anilines is 2. The summed E-state index contributed by atoms with van der Waals surface area (Å²) in [6.45, 7) is 8.90. The molecule has 0 spiro atoms. The third kappa shape index (κ3) is 6.40. The highest BCUT2D eigenvalue weighted by atomic mass is 32.2. The van der Waals surface area contributed by atoms with E-state index in [1.54, 1.807) is 6.07 Å². The van der Waals surface area contributed by atoms with Gasteiger partial charge in [-0.1, -0.05) is 19.1 Å².